The minimum absolute atomic E-state index is 0.0576. The molecule has 1 N–H and O–H groups in total. The van der Waals surface area contributed by atoms with E-state index in [1.54, 1.807) is 6.92 Å². The molecular weight excluding hydrogens is 372 g/mol. The maximum Gasteiger partial charge on any atom is 0.232 e. The third kappa shape index (κ3) is 5.39. The van der Waals surface area contributed by atoms with Crippen LogP contribution in [-0.4, -0.2) is 20.9 Å². The van der Waals surface area contributed by atoms with Crippen LogP contribution in [0.4, 0.5) is 0 Å². The molecule has 2 aromatic carbocycles. The van der Waals surface area contributed by atoms with Crippen LogP contribution in [0.3, 0.4) is 0 Å². The molecule has 5 nitrogen and oxygen atoms in total. The Morgan fingerprint density at radius 2 is 1.82 bits per heavy atom. The normalized spacial score (nSPS) is 12.0. The number of hydrogen-bond donors (Lipinski definition) is 1. The van der Waals surface area contributed by atoms with Gasteiger partial charge in [0, 0.05) is 22.9 Å². The van der Waals surface area contributed by atoms with Crippen molar-refractivity contribution in [2.24, 2.45) is 0 Å². The van der Waals surface area contributed by atoms with Crippen molar-refractivity contribution < 1.29 is 13.4 Å². The quantitative estimate of drug-likeness (QED) is 0.659. The highest BCUT2D eigenvalue weighted by molar-refractivity contribution is 7.84. The number of rotatable bonds is 7. The molecule has 0 bridgehead atoms. The Bertz CT molecular complexity index is 993. The van der Waals surface area contributed by atoms with Crippen LogP contribution < -0.4 is 5.32 Å². The number of nitrogens with one attached hydrogen (secondary N) is 1. The van der Waals surface area contributed by atoms with E-state index in [0.717, 1.165) is 16.7 Å². The van der Waals surface area contributed by atoms with Crippen LogP contribution in [0.1, 0.15) is 28.1 Å². The summed E-state index contributed by atoms with van der Waals surface area (Å²) in [5, 5.41) is 2.81. The van der Waals surface area contributed by atoms with Crippen LogP contribution in [0.15, 0.2) is 52.9 Å². The van der Waals surface area contributed by atoms with Gasteiger partial charge >= 0.3 is 0 Å². The molecule has 146 valence electrons. The SMILES string of the molecule is Cc1ccc(CNC(=O)C[S@@](=O)Cc2nc(-c3cccc(C)c3)oc2C)cc1. The fourth-order valence-electron chi connectivity index (χ4n) is 2.77. The predicted octanol–water partition coefficient (Wildman–Crippen LogP) is 3.83. The van der Waals surface area contributed by atoms with E-state index in [1.165, 1.54) is 5.56 Å². The number of amides is 1. The first kappa shape index (κ1) is 20.0. The van der Waals surface area contributed by atoms with E-state index in [4.69, 9.17) is 4.42 Å². The van der Waals surface area contributed by atoms with Crippen LogP contribution in [0, 0.1) is 20.8 Å². The molecule has 0 saturated heterocycles. The fourth-order valence-corrected chi connectivity index (χ4v) is 3.84. The lowest BCUT2D eigenvalue weighted by molar-refractivity contribution is -0.118. The number of carbonyl (C=O) groups excluding carboxylic acids is 1. The molecule has 1 aromatic heterocycles. The molecular formula is C22H24N2O3S. The van der Waals surface area contributed by atoms with E-state index < -0.39 is 10.8 Å². The summed E-state index contributed by atoms with van der Waals surface area (Å²) >= 11 is 0. The van der Waals surface area contributed by atoms with Gasteiger partial charge in [0.1, 0.15) is 11.5 Å². The molecule has 0 aliphatic carbocycles. The molecule has 3 aromatic rings. The Morgan fingerprint density at radius 3 is 2.54 bits per heavy atom. The first-order valence-electron chi connectivity index (χ1n) is 9.11. The molecule has 0 aliphatic rings. The lowest BCUT2D eigenvalue weighted by atomic mass is 10.1. The van der Waals surface area contributed by atoms with E-state index in [2.05, 4.69) is 10.3 Å². The topological polar surface area (TPSA) is 72.2 Å². The maximum absolute atomic E-state index is 12.4. The van der Waals surface area contributed by atoms with Gasteiger partial charge in [-0.1, -0.05) is 47.5 Å². The van der Waals surface area contributed by atoms with Gasteiger partial charge in [-0.15, -0.1) is 0 Å². The number of benzene rings is 2. The third-order valence-corrected chi connectivity index (χ3v) is 5.54. The number of carbonyl (C=O) groups is 1. The molecule has 28 heavy (non-hydrogen) atoms. The minimum Gasteiger partial charge on any atom is -0.441 e. The number of aromatic nitrogens is 1. The highest BCUT2D eigenvalue weighted by Crippen LogP contribution is 2.23. The zero-order valence-corrected chi connectivity index (χ0v) is 17.1. The smallest absolute Gasteiger partial charge is 0.232 e. The summed E-state index contributed by atoms with van der Waals surface area (Å²) in [7, 11) is -1.35. The van der Waals surface area contributed by atoms with E-state index >= 15 is 0 Å². The molecule has 0 spiro atoms. The zero-order chi connectivity index (χ0) is 20.1. The number of oxazole rings is 1. The maximum atomic E-state index is 12.4. The molecule has 0 aliphatic heterocycles. The monoisotopic (exact) mass is 396 g/mol. The fraction of sp³-hybridized carbons (Fsp3) is 0.273. The zero-order valence-electron chi connectivity index (χ0n) is 16.3. The lowest BCUT2D eigenvalue weighted by Crippen LogP contribution is -2.28. The average molecular weight is 397 g/mol. The first-order valence-corrected chi connectivity index (χ1v) is 10.6. The molecule has 0 unspecified atom stereocenters. The number of nitrogens with zero attached hydrogens (tertiary/aromatic N) is 1. The molecule has 0 radical (unpaired) electrons. The second kappa shape index (κ2) is 8.97. The average Bonchev–Trinajstić information content (AvgIpc) is 3.01. The van der Waals surface area contributed by atoms with Crippen molar-refractivity contribution in [3.63, 3.8) is 0 Å². The summed E-state index contributed by atoms with van der Waals surface area (Å²) in [4.78, 5) is 16.6. The third-order valence-electron chi connectivity index (χ3n) is 4.36. The molecule has 0 saturated carbocycles. The van der Waals surface area contributed by atoms with Crippen molar-refractivity contribution in [2.75, 3.05) is 5.75 Å². The van der Waals surface area contributed by atoms with Gasteiger partial charge in [0.25, 0.3) is 0 Å². The Kier molecular flexibility index (Phi) is 6.41. The largest absolute Gasteiger partial charge is 0.441 e. The molecule has 6 heteroatoms. The molecule has 1 atom stereocenters. The van der Waals surface area contributed by atoms with Crippen molar-refractivity contribution >= 4 is 16.7 Å². The minimum atomic E-state index is -1.35. The lowest BCUT2D eigenvalue weighted by Gasteiger charge is -2.05. The van der Waals surface area contributed by atoms with Gasteiger partial charge in [0.2, 0.25) is 11.8 Å². The highest BCUT2D eigenvalue weighted by atomic mass is 32.2. The van der Waals surface area contributed by atoms with Crippen LogP contribution in [0.5, 0.6) is 0 Å². The van der Waals surface area contributed by atoms with E-state index in [-0.39, 0.29) is 17.4 Å². The van der Waals surface area contributed by atoms with Gasteiger partial charge in [0.15, 0.2) is 0 Å². The van der Waals surface area contributed by atoms with Gasteiger partial charge in [-0.05, 0) is 38.5 Å². The molecule has 0 fully saturated rings. The first-order chi connectivity index (χ1) is 13.4. The second-order valence-corrected chi connectivity index (χ2v) is 8.34. The summed E-state index contributed by atoms with van der Waals surface area (Å²) in [5.74, 6) is 1.04. The van der Waals surface area contributed by atoms with Gasteiger partial charge in [-0.3, -0.25) is 9.00 Å². The highest BCUT2D eigenvalue weighted by Gasteiger charge is 2.16. The summed E-state index contributed by atoms with van der Waals surface area (Å²) in [5.41, 5.74) is 4.81. The molecule has 3 rings (SSSR count). The van der Waals surface area contributed by atoms with Crippen LogP contribution in [0.25, 0.3) is 11.5 Å². The van der Waals surface area contributed by atoms with E-state index in [1.807, 2.05) is 62.4 Å². The molecule has 1 amide bonds. The van der Waals surface area contributed by atoms with Crippen LogP contribution in [0.2, 0.25) is 0 Å². The molecule has 1 heterocycles. The summed E-state index contributed by atoms with van der Waals surface area (Å²) < 4.78 is 18.1. The number of aryl methyl sites for hydroxylation is 3. The van der Waals surface area contributed by atoms with E-state index in [0.29, 0.717) is 23.9 Å². The predicted molar refractivity (Wildman–Crippen MR) is 111 cm³/mol. The summed E-state index contributed by atoms with van der Waals surface area (Å²) in [6.45, 7) is 6.25. The van der Waals surface area contributed by atoms with Gasteiger partial charge < -0.3 is 9.73 Å². The van der Waals surface area contributed by atoms with Crippen molar-refractivity contribution in [1.29, 1.82) is 0 Å². The van der Waals surface area contributed by atoms with Crippen molar-refractivity contribution in [3.05, 3.63) is 76.7 Å². The summed E-state index contributed by atoms with van der Waals surface area (Å²) in [6, 6.07) is 15.8. The van der Waals surface area contributed by atoms with Crippen molar-refractivity contribution in [1.82, 2.24) is 10.3 Å². The van der Waals surface area contributed by atoms with Crippen LogP contribution >= 0.6 is 0 Å². The Labute approximate surface area is 167 Å². The van der Waals surface area contributed by atoms with Crippen molar-refractivity contribution in [3.8, 4) is 11.5 Å². The van der Waals surface area contributed by atoms with Crippen molar-refractivity contribution in [2.45, 2.75) is 33.1 Å². The van der Waals surface area contributed by atoms with Gasteiger partial charge in [-0.2, -0.15) is 0 Å². The van der Waals surface area contributed by atoms with E-state index in [9.17, 15) is 9.00 Å². The van der Waals surface area contributed by atoms with Gasteiger partial charge in [-0.25, -0.2) is 4.98 Å². The Balaban J connectivity index is 1.55. The Hall–Kier alpha value is -2.73. The van der Waals surface area contributed by atoms with Crippen LogP contribution in [-0.2, 0) is 27.9 Å². The standard InChI is InChI=1S/C22H24N2O3S/c1-15-7-9-18(10-8-15)12-23-21(25)14-28(26)13-20-17(3)27-22(24-20)19-6-4-5-16(2)11-19/h4-11H,12-14H2,1-3H3,(H,23,25)/t28-/m0/s1. The Morgan fingerprint density at radius 1 is 1.07 bits per heavy atom. The second-order valence-electron chi connectivity index (χ2n) is 6.88. The number of hydrogen-bond acceptors (Lipinski definition) is 4. The van der Waals surface area contributed by atoms with Gasteiger partial charge in [0.05, 0.1) is 11.4 Å². The summed E-state index contributed by atoms with van der Waals surface area (Å²) in [6.07, 6.45) is 0.